The summed E-state index contributed by atoms with van der Waals surface area (Å²) in [5.41, 5.74) is 1.42. The second kappa shape index (κ2) is 7.85. The highest BCUT2D eigenvalue weighted by Gasteiger charge is 2.05. The predicted octanol–water partition coefficient (Wildman–Crippen LogP) is 4.54. The fraction of sp³-hybridized carbons (Fsp3) is 0.625. The van der Waals surface area contributed by atoms with Crippen LogP contribution in [0.1, 0.15) is 46.1 Å². The van der Waals surface area contributed by atoms with E-state index in [-0.39, 0.29) is 0 Å². The zero-order chi connectivity index (χ0) is 13.5. The Hall–Kier alpha value is -0.470. The number of hydrogen-bond acceptors (Lipinski definition) is 2. The largest absolute Gasteiger partial charge is 0.314 e. The topological polar surface area (TPSA) is 12.0 Å². The van der Waals surface area contributed by atoms with Crippen molar-refractivity contribution in [2.45, 2.75) is 51.5 Å². The van der Waals surface area contributed by atoms with Gasteiger partial charge in [-0.2, -0.15) is 0 Å². The lowest BCUT2D eigenvalue weighted by molar-refractivity contribution is 0.510. The number of benzene rings is 1. The van der Waals surface area contributed by atoms with Gasteiger partial charge in [0.05, 0.1) is 0 Å². The van der Waals surface area contributed by atoms with Crippen LogP contribution in [0.2, 0.25) is 0 Å². The molecule has 1 unspecified atom stereocenters. The average Bonchev–Trinajstić information content (AvgIpc) is 2.34. The van der Waals surface area contributed by atoms with Gasteiger partial charge in [0.2, 0.25) is 0 Å². The van der Waals surface area contributed by atoms with E-state index in [0.717, 1.165) is 6.54 Å². The zero-order valence-corrected chi connectivity index (χ0v) is 13.2. The van der Waals surface area contributed by atoms with Crippen LogP contribution in [0.3, 0.4) is 0 Å². The number of hydrogen-bond donors (Lipinski definition) is 1. The van der Waals surface area contributed by atoms with Crippen molar-refractivity contribution in [3.63, 3.8) is 0 Å². The van der Waals surface area contributed by atoms with Crippen LogP contribution in [-0.4, -0.2) is 18.3 Å². The molecule has 1 atom stereocenters. The van der Waals surface area contributed by atoms with Gasteiger partial charge in [0, 0.05) is 16.7 Å². The summed E-state index contributed by atoms with van der Waals surface area (Å²) in [5.74, 6) is 2.51. The fourth-order valence-corrected chi connectivity index (χ4v) is 2.61. The maximum absolute atomic E-state index is 3.49. The summed E-state index contributed by atoms with van der Waals surface area (Å²) in [5, 5.41) is 3.49. The van der Waals surface area contributed by atoms with Gasteiger partial charge in [-0.15, -0.1) is 11.8 Å². The van der Waals surface area contributed by atoms with E-state index in [1.54, 1.807) is 0 Å². The Balaban J connectivity index is 2.34. The van der Waals surface area contributed by atoms with Crippen molar-refractivity contribution in [2.24, 2.45) is 5.92 Å². The maximum Gasteiger partial charge on any atom is 0.00722 e. The highest BCUT2D eigenvalue weighted by atomic mass is 32.2. The monoisotopic (exact) mass is 265 g/mol. The quantitative estimate of drug-likeness (QED) is 0.727. The Kier molecular flexibility index (Phi) is 6.80. The van der Waals surface area contributed by atoms with Gasteiger partial charge in [-0.05, 0) is 36.1 Å². The van der Waals surface area contributed by atoms with Gasteiger partial charge in [-0.3, -0.25) is 0 Å². The van der Waals surface area contributed by atoms with Gasteiger partial charge in [-0.1, -0.05) is 46.8 Å². The first-order valence-corrected chi connectivity index (χ1v) is 7.93. The molecule has 18 heavy (non-hydrogen) atoms. The van der Waals surface area contributed by atoms with Crippen molar-refractivity contribution >= 4 is 11.8 Å². The van der Waals surface area contributed by atoms with E-state index in [0.29, 0.717) is 17.9 Å². The van der Waals surface area contributed by atoms with Crippen molar-refractivity contribution in [2.75, 3.05) is 12.3 Å². The molecular formula is C16H27NS. The van der Waals surface area contributed by atoms with Crippen LogP contribution in [0.5, 0.6) is 0 Å². The van der Waals surface area contributed by atoms with E-state index in [9.17, 15) is 0 Å². The minimum absolute atomic E-state index is 0.586. The SMILES string of the molecule is CC(CNC(C)C)CSc1ccc(C(C)C)cc1. The predicted molar refractivity (Wildman–Crippen MR) is 83.6 cm³/mol. The standard InChI is InChI=1S/C16H27NS/c1-12(2)15-6-8-16(9-7-15)18-11-14(5)10-17-13(3)4/h6-9,12-14,17H,10-11H2,1-5H3. The molecular weight excluding hydrogens is 238 g/mol. The van der Waals surface area contributed by atoms with Crippen LogP contribution >= 0.6 is 11.8 Å². The molecule has 0 aromatic heterocycles. The Bertz CT molecular complexity index is 329. The molecule has 1 nitrogen and oxygen atoms in total. The van der Waals surface area contributed by atoms with Crippen LogP contribution in [0, 0.1) is 5.92 Å². The van der Waals surface area contributed by atoms with Crippen LogP contribution < -0.4 is 5.32 Å². The van der Waals surface area contributed by atoms with Gasteiger partial charge in [0.1, 0.15) is 0 Å². The van der Waals surface area contributed by atoms with E-state index < -0.39 is 0 Å². The molecule has 0 bridgehead atoms. The molecule has 2 heteroatoms. The lowest BCUT2D eigenvalue weighted by Crippen LogP contribution is -2.28. The summed E-state index contributed by atoms with van der Waals surface area (Å²) in [6.07, 6.45) is 0. The van der Waals surface area contributed by atoms with E-state index >= 15 is 0 Å². The second-order valence-electron chi connectivity index (χ2n) is 5.70. The fourth-order valence-electron chi connectivity index (χ4n) is 1.68. The Morgan fingerprint density at radius 1 is 1.00 bits per heavy atom. The van der Waals surface area contributed by atoms with E-state index in [2.05, 4.69) is 64.2 Å². The van der Waals surface area contributed by atoms with Crippen LogP contribution in [0.25, 0.3) is 0 Å². The van der Waals surface area contributed by atoms with Crippen molar-refractivity contribution in [3.05, 3.63) is 29.8 Å². The summed E-state index contributed by atoms with van der Waals surface area (Å²) in [7, 11) is 0. The highest BCUT2D eigenvalue weighted by Crippen LogP contribution is 2.23. The summed E-state index contributed by atoms with van der Waals surface area (Å²) in [6, 6.07) is 9.60. The molecule has 0 amide bonds. The third-order valence-corrected chi connectivity index (χ3v) is 4.30. The van der Waals surface area contributed by atoms with Gasteiger partial charge in [-0.25, -0.2) is 0 Å². The molecule has 0 aliphatic heterocycles. The van der Waals surface area contributed by atoms with Crippen molar-refractivity contribution in [3.8, 4) is 0 Å². The first-order valence-electron chi connectivity index (χ1n) is 6.95. The molecule has 0 aliphatic rings. The molecule has 0 radical (unpaired) electrons. The molecule has 0 aliphatic carbocycles. The third-order valence-electron chi connectivity index (χ3n) is 2.96. The molecule has 0 fully saturated rings. The first kappa shape index (κ1) is 15.6. The maximum atomic E-state index is 3.49. The summed E-state index contributed by atoms with van der Waals surface area (Å²) >= 11 is 1.96. The number of nitrogens with one attached hydrogen (secondary N) is 1. The molecule has 1 rings (SSSR count). The minimum atomic E-state index is 0.586. The van der Waals surface area contributed by atoms with E-state index in [4.69, 9.17) is 0 Å². The normalized spacial score (nSPS) is 13.3. The molecule has 1 aromatic rings. The van der Waals surface area contributed by atoms with E-state index in [1.165, 1.54) is 16.2 Å². The van der Waals surface area contributed by atoms with E-state index in [1.807, 2.05) is 11.8 Å². The van der Waals surface area contributed by atoms with Crippen molar-refractivity contribution < 1.29 is 0 Å². The van der Waals surface area contributed by atoms with Crippen LogP contribution in [0.4, 0.5) is 0 Å². The number of thioether (sulfide) groups is 1. The Morgan fingerprint density at radius 3 is 2.11 bits per heavy atom. The Morgan fingerprint density at radius 2 is 1.61 bits per heavy atom. The lowest BCUT2D eigenvalue weighted by Gasteiger charge is -2.14. The van der Waals surface area contributed by atoms with Crippen molar-refractivity contribution in [1.82, 2.24) is 5.32 Å². The molecule has 102 valence electrons. The van der Waals surface area contributed by atoms with Gasteiger partial charge in [0.15, 0.2) is 0 Å². The highest BCUT2D eigenvalue weighted by molar-refractivity contribution is 7.99. The third kappa shape index (κ3) is 5.92. The number of rotatable bonds is 7. The second-order valence-corrected chi connectivity index (χ2v) is 6.80. The molecule has 1 aromatic carbocycles. The zero-order valence-electron chi connectivity index (χ0n) is 12.4. The average molecular weight is 265 g/mol. The Labute approximate surface area is 117 Å². The molecule has 1 N–H and O–H groups in total. The van der Waals surface area contributed by atoms with Crippen molar-refractivity contribution in [1.29, 1.82) is 0 Å². The first-order chi connectivity index (χ1) is 8.49. The molecule has 0 saturated carbocycles. The lowest BCUT2D eigenvalue weighted by atomic mass is 10.0. The summed E-state index contributed by atoms with van der Waals surface area (Å²) in [6.45, 7) is 12.3. The molecule has 0 spiro atoms. The smallest absolute Gasteiger partial charge is 0.00722 e. The summed E-state index contributed by atoms with van der Waals surface area (Å²) < 4.78 is 0. The summed E-state index contributed by atoms with van der Waals surface area (Å²) in [4.78, 5) is 1.38. The van der Waals surface area contributed by atoms with Gasteiger partial charge < -0.3 is 5.32 Å². The minimum Gasteiger partial charge on any atom is -0.314 e. The van der Waals surface area contributed by atoms with Gasteiger partial charge >= 0.3 is 0 Å². The molecule has 0 saturated heterocycles. The van der Waals surface area contributed by atoms with Crippen LogP contribution in [0.15, 0.2) is 29.2 Å². The molecule has 0 heterocycles. The van der Waals surface area contributed by atoms with Crippen LogP contribution in [-0.2, 0) is 0 Å². The van der Waals surface area contributed by atoms with Gasteiger partial charge in [0.25, 0.3) is 0 Å².